The lowest BCUT2D eigenvalue weighted by atomic mass is 10.1. The topological polar surface area (TPSA) is 117 Å². The number of anilines is 2. The number of hydrogen-bond donors (Lipinski definition) is 3. The Morgan fingerprint density at radius 3 is 2.27 bits per heavy atom. The van der Waals surface area contributed by atoms with Gasteiger partial charge in [0, 0.05) is 12.5 Å². The van der Waals surface area contributed by atoms with Crippen LogP contribution < -0.4 is 16.2 Å². The van der Waals surface area contributed by atoms with E-state index in [4.69, 9.17) is 0 Å². The smallest absolute Gasteiger partial charge is 0.326 e. The molecule has 3 aromatic rings. The van der Waals surface area contributed by atoms with Gasteiger partial charge in [0.05, 0.1) is 22.2 Å². The summed E-state index contributed by atoms with van der Waals surface area (Å²) in [6.07, 6.45) is -4.62. The standard InChI is InChI=1S/C21H18F3N5O3S/c1-11(18(31)26-16-10-6-4-8-14(16)21(22,23)24)33-20-27-19(32)17(28-29-20)13-7-3-5-9-15(13)25-12(2)30/h3-11H,1-2H3,(H,25,30)(H,26,31)(H,27,29,32). The second kappa shape index (κ2) is 9.86. The summed E-state index contributed by atoms with van der Waals surface area (Å²) in [4.78, 5) is 38.9. The maximum atomic E-state index is 13.1. The highest BCUT2D eigenvalue weighted by Crippen LogP contribution is 2.35. The molecule has 3 rings (SSSR count). The van der Waals surface area contributed by atoms with Crippen LogP contribution >= 0.6 is 11.8 Å². The quantitative estimate of drug-likeness (QED) is 0.463. The molecular weight excluding hydrogens is 459 g/mol. The zero-order valence-corrected chi connectivity index (χ0v) is 18.2. The molecule has 2 aromatic carbocycles. The van der Waals surface area contributed by atoms with Gasteiger partial charge < -0.3 is 10.6 Å². The molecule has 0 bridgehead atoms. The number of halogens is 3. The Bertz CT molecular complexity index is 1250. The van der Waals surface area contributed by atoms with Crippen LogP contribution in [0.4, 0.5) is 24.5 Å². The van der Waals surface area contributed by atoms with Crippen LogP contribution in [-0.4, -0.2) is 32.2 Å². The van der Waals surface area contributed by atoms with Crippen LogP contribution in [0.3, 0.4) is 0 Å². The summed E-state index contributed by atoms with van der Waals surface area (Å²) < 4.78 is 39.4. The van der Waals surface area contributed by atoms with E-state index in [2.05, 4.69) is 25.8 Å². The van der Waals surface area contributed by atoms with Crippen LogP contribution in [0.5, 0.6) is 0 Å². The van der Waals surface area contributed by atoms with Crippen molar-refractivity contribution >= 4 is 35.0 Å². The zero-order valence-electron chi connectivity index (χ0n) is 17.4. The van der Waals surface area contributed by atoms with Crippen LogP contribution in [-0.2, 0) is 15.8 Å². The Kier molecular flexibility index (Phi) is 7.16. The Morgan fingerprint density at radius 2 is 1.64 bits per heavy atom. The third kappa shape index (κ3) is 5.98. The number of aromatic amines is 1. The first-order valence-electron chi connectivity index (χ1n) is 9.54. The van der Waals surface area contributed by atoms with E-state index in [1.807, 2.05) is 0 Å². The molecule has 0 aliphatic rings. The van der Waals surface area contributed by atoms with Crippen molar-refractivity contribution in [3.05, 3.63) is 64.4 Å². The van der Waals surface area contributed by atoms with Crippen molar-refractivity contribution in [2.24, 2.45) is 0 Å². The Labute approximate surface area is 190 Å². The predicted molar refractivity (Wildman–Crippen MR) is 118 cm³/mol. The van der Waals surface area contributed by atoms with Gasteiger partial charge in [-0.15, -0.1) is 10.2 Å². The summed E-state index contributed by atoms with van der Waals surface area (Å²) in [7, 11) is 0. The fraction of sp³-hybridized carbons (Fsp3) is 0.190. The van der Waals surface area contributed by atoms with Gasteiger partial charge in [-0.05, 0) is 25.1 Å². The first-order chi connectivity index (χ1) is 15.6. The SMILES string of the molecule is CC(=O)Nc1ccccc1-c1nnc(SC(C)C(=O)Nc2ccccc2C(F)(F)F)[nH]c1=O. The van der Waals surface area contributed by atoms with Crippen molar-refractivity contribution < 1.29 is 22.8 Å². The number of rotatable bonds is 6. The van der Waals surface area contributed by atoms with E-state index in [0.717, 1.165) is 23.9 Å². The zero-order chi connectivity index (χ0) is 24.2. The van der Waals surface area contributed by atoms with Gasteiger partial charge >= 0.3 is 6.18 Å². The molecule has 8 nitrogen and oxygen atoms in total. The second-order valence-electron chi connectivity index (χ2n) is 6.83. The third-order valence-electron chi connectivity index (χ3n) is 4.32. The number of carbonyl (C=O) groups excluding carboxylic acids is 2. The van der Waals surface area contributed by atoms with Gasteiger partial charge in [-0.3, -0.25) is 19.4 Å². The number of nitrogens with zero attached hydrogens (tertiary/aromatic N) is 2. The van der Waals surface area contributed by atoms with E-state index in [9.17, 15) is 27.6 Å². The number of thioether (sulfide) groups is 1. The van der Waals surface area contributed by atoms with Gasteiger partial charge in [-0.1, -0.05) is 42.1 Å². The number of alkyl halides is 3. The molecule has 0 radical (unpaired) electrons. The number of nitrogens with one attached hydrogen (secondary N) is 3. The minimum absolute atomic E-state index is 0.00696. The molecule has 1 atom stereocenters. The minimum Gasteiger partial charge on any atom is -0.326 e. The maximum absolute atomic E-state index is 13.1. The van der Waals surface area contributed by atoms with E-state index in [-0.39, 0.29) is 22.4 Å². The number of aromatic nitrogens is 3. The molecule has 0 saturated heterocycles. The van der Waals surface area contributed by atoms with Gasteiger partial charge in [-0.2, -0.15) is 13.2 Å². The molecule has 33 heavy (non-hydrogen) atoms. The largest absolute Gasteiger partial charge is 0.418 e. The first-order valence-corrected chi connectivity index (χ1v) is 10.4. The lowest BCUT2D eigenvalue weighted by Gasteiger charge is -2.15. The summed E-state index contributed by atoms with van der Waals surface area (Å²) in [6, 6.07) is 11.2. The molecule has 0 spiro atoms. The lowest BCUT2D eigenvalue weighted by Crippen LogP contribution is -2.25. The highest BCUT2D eigenvalue weighted by molar-refractivity contribution is 8.00. The molecule has 0 fully saturated rings. The average Bonchev–Trinajstić information content (AvgIpc) is 2.74. The van der Waals surface area contributed by atoms with Gasteiger partial charge in [-0.25, -0.2) is 0 Å². The van der Waals surface area contributed by atoms with Crippen molar-refractivity contribution in [1.29, 1.82) is 0 Å². The molecule has 12 heteroatoms. The summed E-state index contributed by atoms with van der Waals surface area (Å²) in [5, 5.41) is 11.8. The molecule has 1 heterocycles. The Hall–Kier alpha value is -3.67. The normalized spacial score (nSPS) is 12.2. The number of H-pyrrole nitrogens is 1. The molecule has 0 aliphatic carbocycles. The van der Waals surface area contributed by atoms with Crippen molar-refractivity contribution in [2.75, 3.05) is 10.6 Å². The molecular formula is C21H18F3N5O3S. The summed E-state index contributed by atoms with van der Waals surface area (Å²) >= 11 is 0.825. The summed E-state index contributed by atoms with van der Waals surface area (Å²) in [6.45, 7) is 2.78. The van der Waals surface area contributed by atoms with Gasteiger partial charge in [0.25, 0.3) is 5.56 Å². The molecule has 2 amide bonds. The van der Waals surface area contributed by atoms with Crippen LogP contribution in [0.25, 0.3) is 11.3 Å². The number of carbonyl (C=O) groups is 2. The minimum atomic E-state index is -4.62. The van der Waals surface area contributed by atoms with Gasteiger partial charge in [0.15, 0.2) is 10.9 Å². The summed E-state index contributed by atoms with van der Waals surface area (Å²) in [5.41, 5.74) is -1.26. The van der Waals surface area contributed by atoms with E-state index in [1.54, 1.807) is 24.3 Å². The Balaban J connectivity index is 1.77. The fourth-order valence-corrected chi connectivity index (χ4v) is 3.57. The monoisotopic (exact) mass is 477 g/mol. The molecule has 172 valence electrons. The van der Waals surface area contributed by atoms with E-state index < -0.39 is 28.5 Å². The van der Waals surface area contributed by atoms with Crippen molar-refractivity contribution in [2.45, 2.75) is 30.4 Å². The molecule has 1 aromatic heterocycles. The van der Waals surface area contributed by atoms with Gasteiger partial charge in [0.1, 0.15) is 0 Å². The molecule has 3 N–H and O–H groups in total. The lowest BCUT2D eigenvalue weighted by molar-refractivity contribution is -0.137. The van der Waals surface area contributed by atoms with Crippen molar-refractivity contribution in [1.82, 2.24) is 15.2 Å². The van der Waals surface area contributed by atoms with Crippen LogP contribution in [0.1, 0.15) is 19.4 Å². The van der Waals surface area contributed by atoms with Crippen LogP contribution in [0.2, 0.25) is 0 Å². The van der Waals surface area contributed by atoms with E-state index in [1.165, 1.54) is 26.0 Å². The highest BCUT2D eigenvalue weighted by atomic mass is 32.2. The van der Waals surface area contributed by atoms with Crippen molar-refractivity contribution in [3.63, 3.8) is 0 Å². The number of amides is 2. The molecule has 0 saturated carbocycles. The number of hydrogen-bond acceptors (Lipinski definition) is 6. The summed E-state index contributed by atoms with van der Waals surface area (Å²) in [5.74, 6) is -1.04. The van der Waals surface area contributed by atoms with E-state index >= 15 is 0 Å². The van der Waals surface area contributed by atoms with Gasteiger partial charge in [0.2, 0.25) is 11.8 Å². The average molecular weight is 477 g/mol. The predicted octanol–water partition coefficient (Wildman–Crippen LogP) is 3.93. The maximum Gasteiger partial charge on any atom is 0.418 e. The fourth-order valence-electron chi connectivity index (χ4n) is 2.83. The first kappa shape index (κ1) is 24.0. The van der Waals surface area contributed by atoms with Crippen LogP contribution in [0.15, 0.2) is 58.5 Å². The molecule has 1 unspecified atom stereocenters. The third-order valence-corrected chi connectivity index (χ3v) is 5.29. The second-order valence-corrected chi connectivity index (χ2v) is 8.16. The van der Waals surface area contributed by atoms with E-state index in [0.29, 0.717) is 11.3 Å². The number of para-hydroxylation sites is 2. The Morgan fingerprint density at radius 1 is 1.00 bits per heavy atom. The van der Waals surface area contributed by atoms with Crippen molar-refractivity contribution in [3.8, 4) is 11.3 Å². The highest BCUT2D eigenvalue weighted by Gasteiger charge is 2.34. The molecule has 0 aliphatic heterocycles. The number of benzene rings is 2. The van der Waals surface area contributed by atoms with Crippen LogP contribution in [0, 0.1) is 0 Å².